The average molecular weight is 435 g/mol. The molecule has 3 aromatic rings. The Balaban J connectivity index is 1.17. The summed E-state index contributed by atoms with van der Waals surface area (Å²) in [6.45, 7) is 3.82. The Morgan fingerprint density at radius 2 is 1.72 bits per heavy atom. The van der Waals surface area contributed by atoms with Crippen LogP contribution in [-0.4, -0.2) is 53.6 Å². The molecule has 168 valence electrons. The fraction of sp³-hybridized carbons (Fsp3) is 0.400. The summed E-state index contributed by atoms with van der Waals surface area (Å²) in [5.41, 5.74) is 1.89. The molecule has 4 rings (SSSR count). The number of hydrogen-bond donors (Lipinski definition) is 0. The molecule has 0 saturated carbocycles. The van der Waals surface area contributed by atoms with Crippen molar-refractivity contribution in [1.82, 2.24) is 14.5 Å². The van der Waals surface area contributed by atoms with E-state index in [1.54, 1.807) is 18.0 Å². The SMILES string of the molecule is COc1ccc(N2CCN(C(=O)CCCCCn3cnc4ccccc4c3=O)CC2)cc1. The number of carbonyl (C=O) groups is 1. The van der Waals surface area contributed by atoms with Gasteiger partial charge in [-0.3, -0.25) is 14.2 Å². The standard InChI is InChI=1S/C25H30N4O3/c1-32-21-12-10-20(11-13-21)27-15-17-28(18-16-27)24(30)9-3-2-6-14-29-19-26-23-8-5-4-7-22(23)25(29)31/h4-5,7-8,10-13,19H,2-3,6,9,14-18H2,1H3. The zero-order chi connectivity index (χ0) is 22.3. The number of para-hydroxylation sites is 1. The summed E-state index contributed by atoms with van der Waals surface area (Å²) in [5.74, 6) is 1.08. The summed E-state index contributed by atoms with van der Waals surface area (Å²) in [6, 6.07) is 15.5. The van der Waals surface area contributed by atoms with E-state index in [4.69, 9.17) is 4.74 Å². The van der Waals surface area contributed by atoms with E-state index in [2.05, 4.69) is 22.0 Å². The molecule has 1 aliphatic heterocycles. The first-order valence-corrected chi connectivity index (χ1v) is 11.3. The molecule has 7 nitrogen and oxygen atoms in total. The predicted octanol–water partition coefficient (Wildman–Crippen LogP) is 3.31. The number of nitrogens with zero attached hydrogens (tertiary/aromatic N) is 4. The van der Waals surface area contributed by atoms with Crippen molar-refractivity contribution in [3.63, 3.8) is 0 Å². The number of aromatic nitrogens is 2. The number of piperazine rings is 1. The van der Waals surface area contributed by atoms with Gasteiger partial charge < -0.3 is 14.5 Å². The topological polar surface area (TPSA) is 67.7 Å². The van der Waals surface area contributed by atoms with Gasteiger partial charge in [-0.1, -0.05) is 18.6 Å². The van der Waals surface area contributed by atoms with Crippen LogP contribution < -0.4 is 15.2 Å². The van der Waals surface area contributed by atoms with Crippen LogP contribution in [0.4, 0.5) is 5.69 Å². The summed E-state index contributed by atoms with van der Waals surface area (Å²) in [4.78, 5) is 33.7. The Morgan fingerprint density at radius 1 is 0.969 bits per heavy atom. The second-order valence-electron chi connectivity index (χ2n) is 8.14. The van der Waals surface area contributed by atoms with E-state index in [1.165, 1.54) is 0 Å². The number of aryl methyl sites for hydroxylation is 1. The number of methoxy groups -OCH3 is 1. The number of fused-ring (bicyclic) bond motifs is 1. The summed E-state index contributed by atoms with van der Waals surface area (Å²) in [7, 11) is 1.67. The largest absolute Gasteiger partial charge is 0.497 e. The van der Waals surface area contributed by atoms with E-state index in [0.29, 0.717) is 18.4 Å². The molecule has 0 atom stereocenters. The van der Waals surface area contributed by atoms with E-state index >= 15 is 0 Å². The van der Waals surface area contributed by atoms with Gasteiger partial charge in [0.25, 0.3) is 5.56 Å². The van der Waals surface area contributed by atoms with Gasteiger partial charge in [0.1, 0.15) is 5.75 Å². The van der Waals surface area contributed by atoms with Gasteiger partial charge >= 0.3 is 0 Å². The second-order valence-corrected chi connectivity index (χ2v) is 8.14. The van der Waals surface area contributed by atoms with Crippen molar-refractivity contribution in [3.8, 4) is 5.75 Å². The summed E-state index contributed by atoms with van der Waals surface area (Å²) >= 11 is 0. The molecule has 1 saturated heterocycles. The molecule has 0 aliphatic carbocycles. The van der Waals surface area contributed by atoms with Gasteiger partial charge in [0.2, 0.25) is 5.91 Å². The number of amides is 1. The Hall–Kier alpha value is -3.35. The third kappa shape index (κ3) is 5.10. The van der Waals surface area contributed by atoms with Crippen LogP contribution in [0.25, 0.3) is 10.9 Å². The zero-order valence-electron chi connectivity index (χ0n) is 18.6. The minimum Gasteiger partial charge on any atom is -0.497 e. The highest BCUT2D eigenvalue weighted by Crippen LogP contribution is 2.21. The lowest BCUT2D eigenvalue weighted by Gasteiger charge is -2.36. The normalized spacial score (nSPS) is 14.0. The molecule has 0 radical (unpaired) electrons. The molecular weight excluding hydrogens is 404 g/mol. The third-order valence-electron chi connectivity index (χ3n) is 6.09. The van der Waals surface area contributed by atoms with Crippen molar-refractivity contribution < 1.29 is 9.53 Å². The molecule has 1 fully saturated rings. The van der Waals surface area contributed by atoms with Gasteiger partial charge in [0.05, 0.1) is 24.3 Å². The van der Waals surface area contributed by atoms with E-state index in [0.717, 1.165) is 62.4 Å². The maximum Gasteiger partial charge on any atom is 0.261 e. The van der Waals surface area contributed by atoms with Crippen LogP contribution in [0.3, 0.4) is 0 Å². The first-order valence-electron chi connectivity index (χ1n) is 11.3. The smallest absolute Gasteiger partial charge is 0.261 e. The molecule has 1 amide bonds. The van der Waals surface area contributed by atoms with E-state index in [1.807, 2.05) is 41.3 Å². The van der Waals surface area contributed by atoms with Crippen LogP contribution in [0.15, 0.2) is 59.7 Å². The lowest BCUT2D eigenvalue weighted by atomic mass is 10.1. The van der Waals surface area contributed by atoms with Crippen LogP contribution in [-0.2, 0) is 11.3 Å². The minimum atomic E-state index is 0.00130. The van der Waals surface area contributed by atoms with Crippen molar-refractivity contribution in [2.24, 2.45) is 0 Å². The number of carbonyl (C=O) groups excluding carboxylic acids is 1. The number of anilines is 1. The minimum absolute atomic E-state index is 0.00130. The van der Waals surface area contributed by atoms with E-state index < -0.39 is 0 Å². The number of benzene rings is 2. The van der Waals surface area contributed by atoms with Gasteiger partial charge in [-0.15, -0.1) is 0 Å². The fourth-order valence-electron chi connectivity index (χ4n) is 4.17. The molecule has 7 heteroatoms. The van der Waals surface area contributed by atoms with Crippen molar-refractivity contribution in [2.75, 3.05) is 38.2 Å². The van der Waals surface area contributed by atoms with Crippen LogP contribution in [0.1, 0.15) is 25.7 Å². The number of unbranched alkanes of at least 4 members (excludes halogenated alkanes) is 2. The van der Waals surface area contributed by atoms with Crippen LogP contribution in [0.5, 0.6) is 5.75 Å². The van der Waals surface area contributed by atoms with Crippen molar-refractivity contribution >= 4 is 22.5 Å². The van der Waals surface area contributed by atoms with Gasteiger partial charge in [-0.05, 0) is 49.2 Å². The molecular formula is C25H30N4O3. The Morgan fingerprint density at radius 3 is 2.47 bits per heavy atom. The highest BCUT2D eigenvalue weighted by molar-refractivity contribution is 5.77. The van der Waals surface area contributed by atoms with Crippen molar-refractivity contribution in [3.05, 3.63) is 65.2 Å². The predicted molar refractivity (Wildman–Crippen MR) is 126 cm³/mol. The number of ether oxygens (including phenoxy) is 1. The van der Waals surface area contributed by atoms with Gasteiger partial charge in [0, 0.05) is 44.8 Å². The van der Waals surface area contributed by atoms with Gasteiger partial charge in [-0.2, -0.15) is 0 Å². The highest BCUT2D eigenvalue weighted by atomic mass is 16.5. The quantitative estimate of drug-likeness (QED) is 0.509. The van der Waals surface area contributed by atoms with Crippen molar-refractivity contribution in [1.29, 1.82) is 0 Å². The summed E-state index contributed by atoms with van der Waals surface area (Å²) in [6.07, 6.45) is 4.80. The Kier molecular flexibility index (Phi) is 7.04. The lowest BCUT2D eigenvalue weighted by molar-refractivity contribution is -0.131. The second kappa shape index (κ2) is 10.3. The zero-order valence-corrected chi connectivity index (χ0v) is 18.6. The summed E-state index contributed by atoms with van der Waals surface area (Å²) < 4.78 is 6.89. The van der Waals surface area contributed by atoms with E-state index in [-0.39, 0.29) is 11.5 Å². The summed E-state index contributed by atoms with van der Waals surface area (Å²) in [5, 5.41) is 0.652. The number of hydrogen-bond acceptors (Lipinski definition) is 5. The highest BCUT2D eigenvalue weighted by Gasteiger charge is 2.20. The molecule has 32 heavy (non-hydrogen) atoms. The molecule has 0 spiro atoms. The maximum absolute atomic E-state index is 12.6. The monoisotopic (exact) mass is 434 g/mol. The molecule has 2 aromatic carbocycles. The molecule has 1 aliphatic rings. The molecule has 0 N–H and O–H groups in total. The van der Waals surface area contributed by atoms with E-state index in [9.17, 15) is 9.59 Å². The molecule has 1 aromatic heterocycles. The molecule has 0 unspecified atom stereocenters. The lowest BCUT2D eigenvalue weighted by Crippen LogP contribution is -2.48. The fourth-order valence-corrected chi connectivity index (χ4v) is 4.17. The molecule has 2 heterocycles. The van der Waals surface area contributed by atoms with Gasteiger partial charge in [0.15, 0.2) is 0 Å². The van der Waals surface area contributed by atoms with Crippen LogP contribution in [0.2, 0.25) is 0 Å². The third-order valence-corrected chi connectivity index (χ3v) is 6.09. The average Bonchev–Trinajstić information content (AvgIpc) is 2.85. The maximum atomic E-state index is 12.6. The Labute approximate surface area is 188 Å². The van der Waals surface area contributed by atoms with Gasteiger partial charge in [-0.25, -0.2) is 4.98 Å². The van der Waals surface area contributed by atoms with Crippen LogP contribution >= 0.6 is 0 Å². The first-order chi connectivity index (χ1) is 15.7. The van der Waals surface area contributed by atoms with Crippen molar-refractivity contribution in [2.45, 2.75) is 32.2 Å². The first kappa shape index (κ1) is 21.9. The molecule has 0 bridgehead atoms. The Bertz CT molecular complexity index is 1100. The van der Waals surface area contributed by atoms with Crippen LogP contribution in [0, 0.1) is 0 Å². The number of rotatable bonds is 8.